The average molecular weight is 379 g/mol. The third kappa shape index (κ3) is 3.07. The summed E-state index contributed by atoms with van der Waals surface area (Å²) in [6, 6.07) is 8.51. The lowest BCUT2D eigenvalue weighted by molar-refractivity contribution is -0.178. The van der Waals surface area contributed by atoms with E-state index in [1.165, 1.54) is 16.7 Å². The summed E-state index contributed by atoms with van der Waals surface area (Å²) in [5.41, 5.74) is 0.856. The SMILES string of the molecule is COC(=O)C(O)[C@@H]1C(=O)N2[C@@H]1SC(C)(C)[C@@H]2C(=O)OCc1ccccc1. The highest BCUT2D eigenvalue weighted by atomic mass is 32.2. The normalized spacial score (nSPS) is 27.3. The van der Waals surface area contributed by atoms with Crippen LogP contribution in [0, 0.1) is 5.92 Å². The topological polar surface area (TPSA) is 93.1 Å². The van der Waals surface area contributed by atoms with Crippen LogP contribution in [0.5, 0.6) is 0 Å². The Morgan fingerprint density at radius 1 is 1.31 bits per heavy atom. The number of carbonyl (C=O) groups is 3. The summed E-state index contributed by atoms with van der Waals surface area (Å²) in [6.07, 6.45) is -1.53. The predicted molar refractivity (Wildman–Crippen MR) is 93.8 cm³/mol. The van der Waals surface area contributed by atoms with Crippen LogP contribution in [-0.4, -0.2) is 57.2 Å². The van der Waals surface area contributed by atoms with E-state index in [9.17, 15) is 19.5 Å². The number of esters is 2. The fourth-order valence-corrected chi connectivity index (χ4v) is 5.10. The summed E-state index contributed by atoms with van der Waals surface area (Å²) in [5, 5.41) is 9.59. The maximum absolute atomic E-state index is 12.7. The highest BCUT2D eigenvalue weighted by molar-refractivity contribution is 8.01. The maximum atomic E-state index is 12.7. The molecule has 0 bridgehead atoms. The molecule has 2 aliphatic rings. The van der Waals surface area contributed by atoms with E-state index in [0.717, 1.165) is 12.7 Å². The van der Waals surface area contributed by atoms with Crippen LogP contribution in [-0.2, 0) is 30.5 Å². The molecule has 1 N–H and O–H groups in total. The molecule has 2 aliphatic heterocycles. The van der Waals surface area contributed by atoms with Gasteiger partial charge in [0.2, 0.25) is 5.91 Å². The molecule has 0 saturated carbocycles. The molecule has 2 fully saturated rings. The third-order valence-corrected chi connectivity index (χ3v) is 6.30. The molecule has 2 saturated heterocycles. The summed E-state index contributed by atoms with van der Waals surface area (Å²) >= 11 is 1.38. The van der Waals surface area contributed by atoms with Gasteiger partial charge in [-0.2, -0.15) is 0 Å². The van der Waals surface area contributed by atoms with Crippen molar-refractivity contribution in [2.75, 3.05) is 7.11 Å². The van der Waals surface area contributed by atoms with Crippen molar-refractivity contribution in [1.82, 2.24) is 4.90 Å². The number of aliphatic hydroxyl groups excluding tert-OH is 1. The van der Waals surface area contributed by atoms with Crippen molar-refractivity contribution in [3.05, 3.63) is 35.9 Å². The first kappa shape index (κ1) is 18.7. The van der Waals surface area contributed by atoms with Gasteiger partial charge in [-0.05, 0) is 19.4 Å². The first-order valence-corrected chi connectivity index (χ1v) is 9.12. The minimum Gasteiger partial charge on any atom is -0.467 e. The fourth-order valence-electron chi connectivity index (χ4n) is 3.39. The lowest BCUT2D eigenvalue weighted by Gasteiger charge is -2.44. The van der Waals surface area contributed by atoms with Gasteiger partial charge in [0.1, 0.15) is 18.6 Å². The molecular formula is C18H21NO6S. The Bertz CT molecular complexity index is 722. The second kappa shape index (κ2) is 6.92. The Balaban J connectivity index is 1.72. The molecule has 0 aliphatic carbocycles. The number of aliphatic hydroxyl groups is 1. The molecular weight excluding hydrogens is 358 g/mol. The fraction of sp³-hybridized carbons (Fsp3) is 0.500. The van der Waals surface area contributed by atoms with E-state index in [-0.39, 0.29) is 6.61 Å². The van der Waals surface area contributed by atoms with Crippen molar-refractivity contribution in [3.63, 3.8) is 0 Å². The van der Waals surface area contributed by atoms with Gasteiger partial charge in [0.05, 0.1) is 12.5 Å². The van der Waals surface area contributed by atoms with E-state index in [4.69, 9.17) is 4.74 Å². The van der Waals surface area contributed by atoms with Crippen molar-refractivity contribution in [2.45, 2.75) is 42.7 Å². The second-order valence-corrected chi connectivity index (χ2v) is 8.62. The van der Waals surface area contributed by atoms with Gasteiger partial charge < -0.3 is 19.5 Å². The van der Waals surface area contributed by atoms with Crippen LogP contribution < -0.4 is 0 Å². The molecule has 7 nitrogen and oxygen atoms in total. The molecule has 2 heterocycles. The molecule has 0 spiro atoms. The summed E-state index contributed by atoms with van der Waals surface area (Å²) in [5.74, 6) is -2.68. The number of hydrogen-bond acceptors (Lipinski definition) is 7. The van der Waals surface area contributed by atoms with Crippen molar-refractivity contribution in [1.29, 1.82) is 0 Å². The number of thioether (sulfide) groups is 1. The number of fused-ring (bicyclic) bond motifs is 1. The zero-order valence-electron chi connectivity index (χ0n) is 14.7. The summed E-state index contributed by atoms with van der Waals surface area (Å²) < 4.78 is 9.33. The van der Waals surface area contributed by atoms with E-state index in [1.54, 1.807) is 0 Å². The first-order valence-electron chi connectivity index (χ1n) is 8.24. The van der Waals surface area contributed by atoms with Crippen LogP contribution in [0.3, 0.4) is 0 Å². The molecule has 8 heteroatoms. The zero-order chi connectivity index (χ0) is 19.1. The first-order chi connectivity index (χ1) is 12.3. The van der Waals surface area contributed by atoms with E-state index in [2.05, 4.69) is 4.74 Å². The third-order valence-electron chi connectivity index (χ3n) is 4.71. The Morgan fingerprint density at radius 2 is 1.96 bits per heavy atom. The van der Waals surface area contributed by atoms with E-state index in [1.807, 2.05) is 44.2 Å². The van der Waals surface area contributed by atoms with Gasteiger partial charge in [-0.15, -0.1) is 11.8 Å². The number of ether oxygens (including phenoxy) is 2. The summed E-state index contributed by atoms with van der Waals surface area (Å²) in [6.45, 7) is 3.82. The molecule has 140 valence electrons. The lowest BCUT2D eigenvalue weighted by atomic mass is 9.88. The number of amides is 1. The largest absolute Gasteiger partial charge is 0.467 e. The predicted octanol–water partition coefficient (Wildman–Crippen LogP) is 0.942. The minimum atomic E-state index is -1.53. The van der Waals surface area contributed by atoms with Crippen molar-refractivity contribution < 1.29 is 29.0 Å². The van der Waals surface area contributed by atoms with E-state index in [0.29, 0.717) is 0 Å². The Hall–Kier alpha value is -2.06. The molecule has 26 heavy (non-hydrogen) atoms. The number of β-lactam (4-membered cyclic amide) rings is 1. The van der Waals surface area contributed by atoms with Crippen LogP contribution >= 0.6 is 11.8 Å². The van der Waals surface area contributed by atoms with Crippen LogP contribution in [0.15, 0.2) is 30.3 Å². The molecule has 1 unspecified atom stereocenters. The van der Waals surface area contributed by atoms with Gasteiger partial charge >= 0.3 is 11.9 Å². The van der Waals surface area contributed by atoms with Crippen LogP contribution in [0.25, 0.3) is 0 Å². The molecule has 0 aromatic heterocycles. The highest BCUT2D eigenvalue weighted by Crippen LogP contribution is 2.54. The zero-order valence-corrected chi connectivity index (χ0v) is 15.6. The van der Waals surface area contributed by atoms with Crippen LogP contribution in [0.4, 0.5) is 0 Å². The average Bonchev–Trinajstić information content (AvgIpc) is 2.87. The number of hydrogen-bond donors (Lipinski definition) is 1. The van der Waals surface area contributed by atoms with Gasteiger partial charge in [0.25, 0.3) is 0 Å². The molecule has 0 radical (unpaired) electrons. The maximum Gasteiger partial charge on any atom is 0.335 e. The summed E-state index contributed by atoms with van der Waals surface area (Å²) in [7, 11) is 1.15. The monoisotopic (exact) mass is 379 g/mol. The second-order valence-electron chi connectivity index (χ2n) is 6.85. The minimum absolute atomic E-state index is 0.123. The van der Waals surface area contributed by atoms with Gasteiger partial charge in [-0.1, -0.05) is 30.3 Å². The molecule has 3 rings (SSSR count). The van der Waals surface area contributed by atoms with Crippen LogP contribution in [0.1, 0.15) is 19.4 Å². The van der Waals surface area contributed by atoms with Gasteiger partial charge in [0.15, 0.2) is 6.10 Å². The number of methoxy groups -OCH3 is 1. The van der Waals surface area contributed by atoms with Gasteiger partial charge in [0, 0.05) is 4.75 Å². The van der Waals surface area contributed by atoms with E-state index < -0.39 is 46.0 Å². The smallest absolute Gasteiger partial charge is 0.335 e. The molecule has 1 aromatic carbocycles. The van der Waals surface area contributed by atoms with Gasteiger partial charge in [-0.25, -0.2) is 9.59 Å². The highest BCUT2D eigenvalue weighted by Gasteiger charge is 2.66. The molecule has 1 amide bonds. The van der Waals surface area contributed by atoms with Crippen molar-refractivity contribution in [3.8, 4) is 0 Å². The van der Waals surface area contributed by atoms with Crippen molar-refractivity contribution >= 4 is 29.6 Å². The molecule has 4 atom stereocenters. The standard InChI is InChI=1S/C18H21NO6S/c1-18(2)13(17(23)25-9-10-7-5-4-6-8-10)19-14(21)11(15(19)26-18)12(20)16(22)24-3/h4-8,11-13,15,20H,9H2,1-3H3/t11-,12?,13+,15-/m1/s1. The summed E-state index contributed by atoms with van der Waals surface area (Å²) in [4.78, 5) is 38.2. The number of benzene rings is 1. The van der Waals surface area contributed by atoms with Gasteiger partial charge in [-0.3, -0.25) is 4.79 Å². The van der Waals surface area contributed by atoms with Crippen molar-refractivity contribution in [2.24, 2.45) is 5.92 Å². The number of nitrogens with zero attached hydrogens (tertiary/aromatic N) is 1. The lowest BCUT2D eigenvalue weighted by Crippen LogP contribution is -2.66. The quantitative estimate of drug-likeness (QED) is 0.601. The van der Waals surface area contributed by atoms with E-state index >= 15 is 0 Å². The number of carbonyl (C=O) groups excluding carboxylic acids is 3. The Labute approximate surface area is 155 Å². The van der Waals surface area contributed by atoms with Crippen LogP contribution in [0.2, 0.25) is 0 Å². The molecule has 1 aromatic rings. The Morgan fingerprint density at radius 3 is 2.58 bits per heavy atom. The Kier molecular flexibility index (Phi) is 4.98. The number of rotatable bonds is 5.